The van der Waals surface area contributed by atoms with Crippen LogP contribution in [-0.4, -0.2) is 10.8 Å². The van der Waals surface area contributed by atoms with Gasteiger partial charge in [-0.1, -0.05) is 18.2 Å². The molecular formula is C16H13N3O3. The van der Waals surface area contributed by atoms with Crippen LogP contribution in [0.2, 0.25) is 0 Å². The molecule has 0 fully saturated rings. The fourth-order valence-electron chi connectivity index (χ4n) is 2.10. The summed E-state index contributed by atoms with van der Waals surface area (Å²) in [6, 6.07) is 13.3. The van der Waals surface area contributed by atoms with Crippen molar-refractivity contribution in [3.8, 4) is 6.07 Å². The van der Waals surface area contributed by atoms with Gasteiger partial charge >= 0.3 is 0 Å². The zero-order chi connectivity index (χ0) is 16.1. The molecule has 0 saturated heterocycles. The number of nitrogens with one attached hydrogen (secondary N) is 1. The first kappa shape index (κ1) is 15.2. The lowest BCUT2D eigenvalue weighted by molar-refractivity contribution is -0.385. The summed E-state index contributed by atoms with van der Waals surface area (Å²) in [7, 11) is 0. The molecule has 0 aromatic heterocycles. The Morgan fingerprint density at radius 3 is 2.73 bits per heavy atom. The van der Waals surface area contributed by atoms with Crippen LogP contribution in [0.1, 0.15) is 27.0 Å². The Morgan fingerprint density at radius 2 is 2.05 bits per heavy atom. The lowest BCUT2D eigenvalue weighted by Crippen LogP contribution is -2.23. The maximum absolute atomic E-state index is 12.2. The van der Waals surface area contributed by atoms with Gasteiger partial charge in [0.1, 0.15) is 0 Å². The number of hydrogen-bond donors (Lipinski definition) is 1. The van der Waals surface area contributed by atoms with Crippen LogP contribution in [0.5, 0.6) is 0 Å². The number of nitro groups is 1. The van der Waals surface area contributed by atoms with E-state index in [9.17, 15) is 14.9 Å². The molecule has 0 aliphatic rings. The maximum atomic E-state index is 12.2. The first-order valence-corrected chi connectivity index (χ1v) is 6.54. The Morgan fingerprint density at radius 1 is 1.32 bits per heavy atom. The molecule has 1 amide bonds. The second kappa shape index (κ2) is 6.50. The number of carbonyl (C=O) groups excluding carboxylic acids is 1. The summed E-state index contributed by atoms with van der Waals surface area (Å²) in [5, 5.41) is 22.4. The van der Waals surface area contributed by atoms with E-state index in [4.69, 9.17) is 5.26 Å². The van der Waals surface area contributed by atoms with E-state index in [1.165, 1.54) is 12.1 Å². The minimum atomic E-state index is -0.511. The van der Waals surface area contributed by atoms with Gasteiger partial charge in [0.2, 0.25) is 0 Å². The quantitative estimate of drug-likeness (QED) is 0.692. The number of carbonyl (C=O) groups is 1. The Bertz CT molecular complexity index is 778. The molecule has 110 valence electrons. The van der Waals surface area contributed by atoms with Gasteiger partial charge in [-0.2, -0.15) is 5.26 Å². The van der Waals surface area contributed by atoms with Crippen molar-refractivity contribution in [2.75, 3.05) is 0 Å². The van der Waals surface area contributed by atoms with Crippen LogP contribution in [0, 0.1) is 28.4 Å². The summed E-state index contributed by atoms with van der Waals surface area (Å²) in [6.45, 7) is 1.79. The summed E-state index contributed by atoms with van der Waals surface area (Å²) in [6.07, 6.45) is 0. The van der Waals surface area contributed by atoms with Crippen molar-refractivity contribution in [3.05, 3.63) is 74.8 Å². The molecule has 0 saturated carbocycles. The van der Waals surface area contributed by atoms with Crippen molar-refractivity contribution < 1.29 is 9.72 Å². The number of nitro benzene ring substituents is 1. The van der Waals surface area contributed by atoms with Crippen LogP contribution in [0.15, 0.2) is 42.5 Å². The zero-order valence-electron chi connectivity index (χ0n) is 11.9. The molecule has 0 aliphatic carbocycles. The van der Waals surface area contributed by atoms with Crippen LogP contribution in [0.25, 0.3) is 0 Å². The molecular weight excluding hydrogens is 282 g/mol. The van der Waals surface area contributed by atoms with E-state index in [1.807, 2.05) is 6.07 Å². The van der Waals surface area contributed by atoms with E-state index in [0.29, 0.717) is 11.1 Å². The minimum absolute atomic E-state index is 0.0841. The second-order valence-corrected chi connectivity index (χ2v) is 4.70. The Balaban J connectivity index is 2.15. The largest absolute Gasteiger partial charge is 0.348 e. The molecule has 6 heteroatoms. The average Bonchev–Trinajstić information content (AvgIpc) is 2.52. The molecule has 0 heterocycles. The van der Waals surface area contributed by atoms with Gasteiger partial charge in [0.15, 0.2) is 0 Å². The van der Waals surface area contributed by atoms with Crippen LogP contribution >= 0.6 is 0 Å². The van der Waals surface area contributed by atoms with Gasteiger partial charge in [-0.15, -0.1) is 0 Å². The van der Waals surface area contributed by atoms with Gasteiger partial charge in [0.05, 0.1) is 16.6 Å². The Labute approximate surface area is 127 Å². The summed E-state index contributed by atoms with van der Waals surface area (Å²) in [5.41, 5.74) is 1.81. The molecule has 0 radical (unpaired) electrons. The highest BCUT2D eigenvalue weighted by molar-refractivity contribution is 5.96. The van der Waals surface area contributed by atoms with Crippen molar-refractivity contribution in [3.63, 3.8) is 0 Å². The fraction of sp³-hybridized carbons (Fsp3) is 0.125. The number of nitriles is 1. The van der Waals surface area contributed by atoms with Gasteiger partial charge in [-0.3, -0.25) is 14.9 Å². The monoisotopic (exact) mass is 295 g/mol. The van der Waals surface area contributed by atoms with Crippen molar-refractivity contribution in [2.45, 2.75) is 13.5 Å². The number of hydrogen-bond acceptors (Lipinski definition) is 4. The highest BCUT2D eigenvalue weighted by Gasteiger charge is 2.17. The van der Waals surface area contributed by atoms with Crippen molar-refractivity contribution in [1.82, 2.24) is 5.32 Å². The molecule has 2 aromatic rings. The highest BCUT2D eigenvalue weighted by atomic mass is 16.6. The van der Waals surface area contributed by atoms with Crippen molar-refractivity contribution in [1.29, 1.82) is 5.26 Å². The zero-order valence-corrected chi connectivity index (χ0v) is 11.9. The standard InChI is InChI=1S/C16H13N3O3/c1-11-14(6-3-7-15(11)19(21)22)16(20)18-10-13-5-2-4-12(8-13)9-17/h2-8H,10H2,1H3,(H,18,20). The Kier molecular flexibility index (Phi) is 4.49. The highest BCUT2D eigenvalue weighted by Crippen LogP contribution is 2.21. The molecule has 1 N–H and O–H groups in total. The van der Waals surface area contributed by atoms with E-state index < -0.39 is 4.92 Å². The van der Waals surface area contributed by atoms with Crippen molar-refractivity contribution >= 4 is 11.6 Å². The van der Waals surface area contributed by atoms with E-state index >= 15 is 0 Å². The molecule has 2 rings (SSSR count). The minimum Gasteiger partial charge on any atom is -0.348 e. The molecule has 6 nitrogen and oxygen atoms in total. The van der Waals surface area contributed by atoms with Gasteiger partial charge in [0, 0.05) is 23.7 Å². The number of benzene rings is 2. The van der Waals surface area contributed by atoms with Crippen LogP contribution in [0.4, 0.5) is 5.69 Å². The lowest BCUT2D eigenvalue weighted by Gasteiger charge is -2.08. The molecule has 0 bridgehead atoms. The third kappa shape index (κ3) is 3.27. The van der Waals surface area contributed by atoms with E-state index in [1.54, 1.807) is 37.3 Å². The van der Waals surface area contributed by atoms with Gasteiger partial charge in [-0.05, 0) is 30.7 Å². The van der Waals surface area contributed by atoms with Gasteiger partial charge in [0.25, 0.3) is 11.6 Å². The van der Waals surface area contributed by atoms with Gasteiger partial charge in [-0.25, -0.2) is 0 Å². The van der Waals surface area contributed by atoms with Crippen LogP contribution in [0.3, 0.4) is 0 Å². The molecule has 0 aliphatic heterocycles. The summed E-state index contributed by atoms with van der Waals surface area (Å²) < 4.78 is 0. The number of amides is 1. The topological polar surface area (TPSA) is 96.0 Å². The normalized spacial score (nSPS) is 9.82. The molecule has 0 unspecified atom stereocenters. The average molecular weight is 295 g/mol. The van der Waals surface area contributed by atoms with Gasteiger partial charge < -0.3 is 5.32 Å². The summed E-state index contributed by atoms with van der Waals surface area (Å²) in [5.74, 6) is -0.386. The first-order chi connectivity index (χ1) is 10.5. The van der Waals surface area contributed by atoms with E-state index in [0.717, 1.165) is 5.56 Å². The van der Waals surface area contributed by atoms with Crippen LogP contribution < -0.4 is 5.32 Å². The number of nitrogens with zero attached hydrogens (tertiary/aromatic N) is 2. The maximum Gasteiger partial charge on any atom is 0.273 e. The predicted octanol–water partition coefficient (Wildman–Crippen LogP) is 2.70. The molecule has 2 aromatic carbocycles. The molecule has 0 spiro atoms. The predicted molar refractivity (Wildman–Crippen MR) is 80.2 cm³/mol. The third-order valence-corrected chi connectivity index (χ3v) is 3.26. The molecule has 0 atom stereocenters. The third-order valence-electron chi connectivity index (χ3n) is 3.26. The fourth-order valence-corrected chi connectivity index (χ4v) is 2.10. The Hall–Kier alpha value is -3.20. The first-order valence-electron chi connectivity index (χ1n) is 6.54. The smallest absolute Gasteiger partial charge is 0.273 e. The molecule has 22 heavy (non-hydrogen) atoms. The SMILES string of the molecule is Cc1c(C(=O)NCc2cccc(C#N)c2)cccc1[N+](=O)[O-]. The van der Waals surface area contributed by atoms with E-state index in [2.05, 4.69) is 5.32 Å². The van der Waals surface area contributed by atoms with E-state index in [-0.39, 0.29) is 23.7 Å². The summed E-state index contributed by atoms with van der Waals surface area (Å²) in [4.78, 5) is 22.5. The number of rotatable bonds is 4. The van der Waals surface area contributed by atoms with Crippen LogP contribution in [-0.2, 0) is 6.54 Å². The lowest BCUT2D eigenvalue weighted by atomic mass is 10.1. The second-order valence-electron chi connectivity index (χ2n) is 4.70. The summed E-state index contributed by atoms with van der Waals surface area (Å²) >= 11 is 0. The van der Waals surface area contributed by atoms with Crippen molar-refractivity contribution in [2.24, 2.45) is 0 Å².